The molecule has 0 aliphatic carbocycles. The Morgan fingerprint density at radius 2 is 1.79 bits per heavy atom. The fraction of sp³-hybridized carbons (Fsp3) is 0.125. The predicted octanol–water partition coefficient (Wildman–Crippen LogP) is 2.71. The van der Waals surface area contributed by atoms with E-state index < -0.39 is 0 Å². The zero-order chi connectivity index (χ0) is 13.5. The molecule has 0 unspecified atom stereocenters. The van der Waals surface area contributed by atoms with Gasteiger partial charge in [-0.1, -0.05) is 42.2 Å². The molecule has 0 amide bonds. The van der Waals surface area contributed by atoms with Crippen LogP contribution < -0.4 is 10.5 Å². The van der Waals surface area contributed by atoms with Crippen molar-refractivity contribution in [3.8, 4) is 17.6 Å². The molecular formula is C16H14FNO. The first-order valence-electron chi connectivity index (χ1n) is 5.95. The molecule has 0 bridgehead atoms. The number of hydrogen-bond acceptors (Lipinski definition) is 2. The van der Waals surface area contributed by atoms with Crippen LogP contribution in [0.2, 0.25) is 0 Å². The summed E-state index contributed by atoms with van der Waals surface area (Å²) in [6.07, 6.45) is 0. The Balaban J connectivity index is 2.14. The van der Waals surface area contributed by atoms with Gasteiger partial charge < -0.3 is 10.5 Å². The Labute approximate surface area is 112 Å². The summed E-state index contributed by atoms with van der Waals surface area (Å²) >= 11 is 0. The van der Waals surface area contributed by atoms with Crippen LogP contribution in [0.4, 0.5) is 4.39 Å². The molecule has 2 aromatic carbocycles. The number of rotatable bonds is 3. The summed E-state index contributed by atoms with van der Waals surface area (Å²) in [7, 11) is 0. The summed E-state index contributed by atoms with van der Waals surface area (Å²) in [5, 5.41) is 0. The molecule has 0 heterocycles. The average molecular weight is 255 g/mol. The predicted molar refractivity (Wildman–Crippen MR) is 73.1 cm³/mol. The standard InChI is InChI=1S/C16H14FNO/c17-15-9-3-4-10-16(15)19-12-14-7-2-1-6-13(14)8-5-11-18/h1-4,6-7,9-10H,11-12,18H2. The molecule has 0 spiro atoms. The monoisotopic (exact) mass is 255 g/mol. The number of hydrogen-bond donors (Lipinski definition) is 1. The molecule has 2 rings (SSSR count). The highest BCUT2D eigenvalue weighted by Gasteiger charge is 2.04. The zero-order valence-corrected chi connectivity index (χ0v) is 10.4. The zero-order valence-electron chi connectivity index (χ0n) is 10.4. The van der Waals surface area contributed by atoms with Crippen molar-refractivity contribution in [1.82, 2.24) is 0 Å². The van der Waals surface area contributed by atoms with E-state index in [4.69, 9.17) is 10.5 Å². The summed E-state index contributed by atoms with van der Waals surface area (Å²) in [5.41, 5.74) is 7.12. The second kappa shape index (κ2) is 6.58. The smallest absolute Gasteiger partial charge is 0.165 e. The van der Waals surface area contributed by atoms with Crippen molar-refractivity contribution in [2.45, 2.75) is 6.61 Å². The Morgan fingerprint density at radius 3 is 2.58 bits per heavy atom. The molecule has 0 aromatic heterocycles. The Bertz CT molecular complexity index is 613. The minimum atomic E-state index is -0.368. The third kappa shape index (κ3) is 3.57. The van der Waals surface area contributed by atoms with Crippen LogP contribution in [-0.4, -0.2) is 6.54 Å². The van der Waals surface area contributed by atoms with Gasteiger partial charge in [0.15, 0.2) is 11.6 Å². The molecule has 0 saturated heterocycles. The molecule has 0 radical (unpaired) electrons. The van der Waals surface area contributed by atoms with Gasteiger partial charge in [-0.05, 0) is 18.2 Å². The lowest BCUT2D eigenvalue weighted by atomic mass is 10.1. The summed E-state index contributed by atoms with van der Waals surface area (Å²) in [6.45, 7) is 0.582. The van der Waals surface area contributed by atoms with Crippen molar-refractivity contribution in [3.05, 3.63) is 65.5 Å². The van der Waals surface area contributed by atoms with Crippen LogP contribution in [-0.2, 0) is 6.61 Å². The van der Waals surface area contributed by atoms with Gasteiger partial charge in [0, 0.05) is 11.1 Å². The largest absolute Gasteiger partial charge is 0.486 e. The Morgan fingerprint density at radius 1 is 1.05 bits per heavy atom. The molecule has 0 aliphatic rings. The highest BCUT2D eigenvalue weighted by molar-refractivity contribution is 5.41. The van der Waals surface area contributed by atoms with Crippen molar-refractivity contribution in [2.24, 2.45) is 5.73 Å². The third-order valence-corrected chi connectivity index (χ3v) is 2.56. The quantitative estimate of drug-likeness (QED) is 0.856. The number of nitrogens with two attached hydrogens (primary N) is 1. The van der Waals surface area contributed by atoms with Crippen molar-refractivity contribution < 1.29 is 9.13 Å². The van der Waals surface area contributed by atoms with E-state index in [2.05, 4.69) is 11.8 Å². The first kappa shape index (κ1) is 13.1. The maximum atomic E-state index is 13.4. The first-order valence-corrected chi connectivity index (χ1v) is 5.95. The van der Waals surface area contributed by atoms with Crippen molar-refractivity contribution >= 4 is 0 Å². The molecule has 96 valence electrons. The van der Waals surface area contributed by atoms with E-state index in [1.165, 1.54) is 6.07 Å². The van der Waals surface area contributed by atoms with Crippen LogP contribution in [0, 0.1) is 17.7 Å². The summed E-state index contributed by atoms with van der Waals surface area (Å²) in [5.74, 6) is 5.65. The van der Waals surface area contributed by atoms with Gasteiger partial charge in [0.1, 0.15) is 6.61 Å². The SMILES string of the molecule is NCC#Cc1ccccc1COc1ccccc1F. The fourth-order valence-electron chi connectivity index (χ4n) is 1.63. The van der Waals surface area contributed by atoms with E-state index >= 15 is 0 Å². The van der Waals surface area contributed by atoms with E-state index in [1.807, 2.05) is 24.3 Å². The van der Waals surface area contributed by atoms with Crippen LogP contribution in [0.3, 0.4) is 0 Å². The Hall–Kier alpha value is -2.31. The van der Waals surface area contributed by atoms with Crippen molar-refractivity contribution in [1.29, 1.82) is 0 Å². The number of ether oxygens (including phenoxy) is 1. The van der Waals surface area contributed by atoms with E-state index in [0.717, 1.165) is 11.1 Å². The van der Waals surface area contributed by atoms with Crippen molar-refractivity contribution in [2.75, 3.05) is 6.54 Å². The molecule has 3 heteroatoms. The van der Waals surface area contributed by atoms with Crippen LogP contribution in [0.25, 0.3) is 0 Å². The molecule has 0 atom stereocenters. The van der Waals surface area contributed by atoms with Crippen molar-refractivity contribution in [3.63, 3.8) is 0 Å². The molecule has 19 heavy (non-hydrogen) atoms. The number of para-hydroxylation sites is 1. The molecule has 0 aliphatic heterocycles. The minimum absolute atomic E-state index is 0.240. The number of halogens is 1. The van der Waals surface area contributed by atoms with Gasteiger partial charge >= 0.3 is 0 Å². The Kier molecular flexibility index (Phi) is 4.54. The first-order chi connectivity index (χ1) is 9.31. The van der Waals surface area contributed by atoms with Crippen LogP contribution in [0.15, 0.2) is 48.5 Å². The second-order valence-electron chi connectivity index (χ2n) is 3.88. The maximum Gasteiger partial charge on any atom is 0.165 e. The van der Waals surface area contributed by atoms with Crippen LogP contribution in [0.1, 0.15) is 11.1 Å². The van der Waals surface area contributed by atoms with Gasteiger partial charge in [0.2, 0.25) is 0 Å². The van der Waals surface area contributed by atoms with E-state index in [-0.39, 0.29) is 18.2 Å². The second-order valence-corrected chi connectivity index (χ2v) is 3.88. The molecule has 2 N–H and O–H groups in total. The lowest BCUT2D eigenvalue weighted by molar-refractivity contribution is 0.290. The normalized spacial score (nSPS) is 9.58. The van der Waals surface area contributed by atoms with Gasteiger partial charge in [0.25, 0.3) is 0 Å². The average Bonchev–Trinajstić information content (AvgIpc) is 2.45. The highest BCUT2D eigenvalue weighted by atomic mass is 19.1. The lowest BCUT2D eigenvalue weighted by Crippen LogP contribution is -2.00. The summed E-state index contributed by atoms with van der Waals surface area (Å²) in [6, 6.07) is 13.9. The third-order valence-electron chi connectivity index (χ3n) is 2.56. The van der Waals surface area contributed by atoms with Gasteiger partial charge in [-0.15, -0.1) is 0 Å². The van der Waals surface area contributed by atoms with Gasteiger partial charge in [-0.2, -0.15) is 0 Å². The minimum Gasteiger partial charge on any atom is -0.486 e. The lowest BCUT2D eigenvalue weighted by Gasteiger charge is -2.08. The molecule has 2 nitrogen and oxygen atoms in total. The molecule has 0 saturated carbocycles. The van der Waals surface area contributed by atoms with Gasteiger partial charge in [0.05, 0.1) is 6.54 Å². The van der Waals surface area contributed by atoms with E-state index in [0.29, 0.717) is 6.54 Å². The van der Waals surface area contributed by atoms with E-state index in [9.17, 15) is 4.39 Å². The van der Waals surface area contributed by atoms with Crippen LogP contribution in [0.5, 0.6) is 5.75 Å². The van der Waals surface area contributed by atoms with Crippen LogP contribution >= 0.6 is 0 Å². The molecule has 2 aromatic rings. The van der Waals surface area contributed by atoms with E-state index in [1.54, 1.807) is 18.2 Å². The number of benzene rings is 2. The molecule has 0 fully saturated rings. The molecular weight excluding hydrogens is 241 g/mol. The highest BCUT2D eigenvalue weighted by Crippen LogP contribution is 2.18. The van der Waals surface area contributed by atoms with Gasteiger partial charge in [-0.25, -0.2) is 4.39 Å². The summed E-state index contributed by atoms with van der Waals surface area (Å²) < 4.78 is 18.9. The summed E-state index contributed by atoms with van der Waals surface area (Å²) in [4.78, 5) is 0. The topological polar surface area (TPSA) is 35.2 Å². The maximum absolute atomic E-state index is 13.4. The fourth-order valence-corrected chi connectivity index (χ4v) is 1.63. The van der Waals surface area contributed by atoms with Gasteiger partial charge in [-0.3, -0.25) is 0 Å².